The van der Waals surface area contributed by atoms with Crippen LogP contribution in [0.2, 0.25) is 0 Å². The molecule has 0 aromatic rings. The Hall–Kier alpha value is 0.0200. The topological polar surface area (TPSA) is 17.1 Å². The molecule has 0 radical (unpaired) electrons. The number of aldehydes is 1. The SMILES string of the molecule is C.O=CCCCS. The predicted molar refractivity (Wildman–Crippen MR) is 35.9 cm³/mol. The predicted octanol–water partition coefficient (Wildman–Crippen LogP) is 1.53. The summed E-state index contributed by atoms with van der Waals surface area (Å²) in [5.74, 6) is 0.818. The lowest BCUT2D eigenvalue weighted by atomic mass is 10.4. The highest BCUT2D eigenvalue weighted by Gasteiger charge is 1.75. The fraction of sp³-hybridized carbons (Fsp3) is 0.800. The van der Waals surface area contributed by atoms with Gasteiger partial charge in [0.1, 0.15) is 6.29 Å². The van der Waals surface area contributed by atoms with Crippen LogP contribution in [0.25, 0.3) is 0 Å². The van der Waals surface area contributed by atoms with Crippen LogP contribution < -0.4 is 0 Å². The van der Waals surface area contributed by atoms with Crippen molar-refractivity contribution in [2.24, 2.45) is 0 Å². The van der Waals surface area contributed by atoms with E-state index in [1.165, 1.54) is 0 Å². The van der Waals surface area contributed by atoms with E-state index in [-0.39, 0.29) is 7.43 Å². The second-order valence-corrected chi connectivity index (χ2v) is 1.48. The molecule has 0 saturated heterocycles. The Bertz CT molecular complexity index is 37.1. The summed E-state index contributed by atoms with van der Waals surface area (Å²) in [6.45, 7) is 0. The van der Waals surface area contributed by atoms with Crippen molar-refractivity contribution in [2.75, 3.05) is 5.75 Å². The standard InChI is InChI=1S/C4H8OS.CH4/c5-3-1-2-4-6;/h3,6H,1-2,4H2;1H4. The fourth-order valence-corrected chi connectivity index (χ4v) is 0.357. The molecule has 0 fully saturated rings. The number of rotatable bonds is 3. The number of carbonyl (C=O) groups excluding carboxylic acids is 1. The minimum absolute atomic E-state index is 0. The van der Waals surface area contributed by atoms with Crippen LogP contribution in [0.1, 0.15) is 20.3 Å². The van der Waals surface area contributed by atoms with E-state index in [1.54, 1.807) is 0 Å². The number of unbranched alkanes of at least 4 members (excludes halogenated alkanes) is 1. The fourth-order valence-electron chi connectivity index (χ4n) is 0.175. The van der Waals surface area contributed by atoms with Crippen molar-refractivity contribution in [1.82, 2.24) is 0 Å². The van der Waals surface area contributed by atoms with Crippen LogP contribution in [0.15, 0.2) is 0 Å². The molecule has 0 N–H and O–H groups in total. The van der Waals surface area contributed by atoms with Crippen molar-refractivity contribution in [3.8, 4) is 0 Å². The Kier molecular flexibility index (Phi) is 13.5. The van der Waals surface area contributed by atoms with Crippen LogP contribution in [0.3, 0.4) is 0 Å². The molecule has 0 aliphatic heterocycles. The smallest absolute Gasteiger partial charge is 0.120 e. The molecule has 0 aromatic carbocycles. The lowest BCUT2D eigenvalue weighted by Gasteiger charge is -1.78. The third-order valence-corrected chi connectivity index (χ3v) is 0.796. The quantitative estimate of drug-likeness (QED) is 0.339. The van der Waals surface area contributed by atoms with Crippen molar-refractivity contribution < 1.29 is 4.79 Å². The minimum Gasteiger partial charge on any atom is -0.303 e. The molecule has 0 saturated carbocycles. The van der Waals surface area contributed by atoms with Gasteiger partial charge in [0.25, 0.3) is 0 Å². The molecule has 0 aliphatic rings. The van der Waals surface area contributed by atoms with Gasteiger partial charge >= 0.3 is 0 Å². The molecule has 0 spiro atoms. The Balaban J connectivity index is 0. The molecule has 0 atom stereocenters. The lowest BCUT2D eigenvalue weighted by Crippen LogP contribution is -1.74. The first-order valence-electron chi connectivity index (χ1n) is 1.96. The summed E-state index contributed by atoms with van der Waals surface area (Å²) in [6, 6.07) is 0. The third-order valence-electron chi connectivity index (χ3n) is 0.480. The van der Waals surface area contributed by atoms with E-state index in [9.17, 15) is 4.79 Å². The second-order valence-electron chi connectivity index (χ2n) is 1.03. The average molecular weight is 120 g/mol. The molecule has 2 heteroatoms. The van der Waals surface area contributed by atoms with Crippen LogP contribution in [-0.4, -0.2) is 12.0 Å². The van der Waals surface area contributed by atoms with Crippen molar-refractivity contribution in [3.63, 3.8) is 0 Å². The van der Waals surface area contributed by atoms with Crippen molar-refractivity contribution in [2.45, 2.75) is 20.3 Å². The van der Waals surface area contributed by atoms with Crippen LogP contribution in [0.4, 0.5) is 0 Å². The summed E-state index contributed by atoms with van der Waals surface area (Å²) in [5, 5.41) is 0. The second kappa shape index (κ2) is 9.39. The lowest BCUT2D eigenvalue weighted by molar-refractivity contribution is -0.107. The summed E-state index contributed by atoms with van der Waals surface area (Å²) >= 11 is 3.90. The Labute approximate surface area is 50.5 Å². The molecule has 0 bridgehead atoms. The van der Waals surface area contributed by atoms with E-state index in [0.29, 0.717) is 6.42 Å². The molecule has 7 heavy (non-hydrogen) atoms. The Morgan fingerprint density at radius 2 is 2.14 bits per heavy atom. The molecule has 0 amide bonds. The van der Waals surface area contributed by atoms with Gasteiger partial charge in [0.2, 0.25) is 0 Å². The van der Waals surface area contributed by atoms with Crippen LogP contribution >= 0.6 is 12.6 Å². The largest absolute Gasteiger partial charge is 0.303 e. The molecule has 0 rings (SSSR count). The van der Waals surface area contributed by atoms with Gasteiger partial charge in [0.15, 0.2) is 0 Å². The van der Waals surface area contributed by atoms with E-state index in [2.05, 4.69) is 12.6 Å². The maximum Gasteiger partial charge on any atom is 0.120 e. The Morgan fingerprint density at radius 1 is 1.57 bits per heavy atom. The minimum atomic E-state index is 0. The van der Waals surface area contributed by atoms with Gasteiger partial charge in [-0.2, -0.15) is 12.6 Å². The first-order chi connectivity index (χ1) is 2.91. The van der Waals surface area contributed by atoms with Gasteiger partial charge in [-0.15, -0.1) is 0 Å². The molecule has 0 aliphatic carbocycles. The number of thiol groups is 1. The van der Waals surface area contributed by atoms with E-state index in [1.807, 2.05) is 0 Å². The first-order valence-corrected chi connectivity index (χ1v) is 2.59. The zero-order valence-corrected chi connectivity index (χ0v) is 4.45. The van der Waals surface area contributed by atoms with Gasteiger partial charge in [-0.3, -0.25) is 0 Å². The molecule has 0 heterocycles. The van der Waals surface area contributed by atoms with Gasteiger partial charge in [-0.1, -0.05) is 7.43 Å². The third kappa shape index (κ3) is 10.7. The summed E-state index contributed by atoms with van der Waals surface area (Å²) in [5.41, 5.74) is 0. The van der Waals surface area contributed by atoms with Gasteiger partial charge in [0, 0.05) is 6.42 Å². The highest BCUT2D eigenvalue weighted by molar-refractivity contribution is 7.80. The highest BCUT2D eigenvalue weighted by atomic mass is 32.1. The van der Waals surface area contributed by atoms with Crippen molar-refractivity contribution in [1.29, 1.82) is 0 Å². The monoisotopic (exact) mass is 120 g/mol. The van der Waals surface area contributed by atoms with E-state index in [4.69, 9.17) is 0 Å². The summed E-state index contributed by atoms with van der Waals surface area (Å²) in [6.07, 6.45) is 2.48. The van der Waals surface area contributed by atoms with Gasteiger partial charge in [-0.25, -0.2) is 0 Å². The van der Waals surface area contributed by atoms with E-state index in [0.717, 1.165) is 18.5 Å². The van der Waals surface area contributed by atoms with Crippen LogP contribution in [-0.2, 0) is 4.79 Å². The molecular formula is C5H12OS. The number of hydrogen-bond acceptors (Lipinski definition) is 2. The molecule has 44 valence electrons. The van der Waals surface area contributed by atoms with Gasteiger partial charge in [-0.05, 0) is 12.2 Å². The number of carbonyl (C=O) groups is 1. The Morgan fingerprint density at radius 3 is 2.29 bits per heavy atom. The zero-order valence-electron chi connectivity index (χ0n) is 3.55. The molecule has 1 nitrogen and oxygen atoms in total. The highest BCUT2D eigenvalue weighted by Crippen LogP contribution is 1.84. The van der Waals surface area contributed by atoms with E-state index >= 15 is 0 Å². The van der Waals surface area contributed by atoms with Crippen LogP contribution in [0.5, 0.6) is 0 Å². The summed E-state index contributed by atoms with van der Waals surface area (Å²) in [4.78, 5) is 9.53. The summed E-state index contributed by atoms with van der Waals surface area (Å²) < 4.78 is 0. The first kappa shape index (κ1) is 10.1. The molecule has 0 aromatic heterocycles. The maximum absolute atomic E-state index is 9.53. The normalized spacial score (nSPS) is 7.00. The van der Waals surface area contributed by atoms with Crippen molar-refractivity contribution in [3.05, 3.63) is 0 Å². The van der Waals surface area contributed by atoms with Crippen molar-refractivity contribution >= 4 is 18.9 Å². The van der Waals surface area contributed by atoms with Crippen LogP contribution in [0, 0.1) is 0 Å². The van der Waals surface area contributed by atoms with Gasteiger partial charge in [0.05, 0.1) is 0 Å². The van der Waals surface area contributed by atoms with E-state index < -0.39 is 0 Å². The number of hydrogen-bond donors (Lipinski definition) is 1. The molecular weight excluding hydrogens is 108 g/mol. The van der Waals surface area contributed by atoms with Gasteiger partial charge < -0.3 is 4.79 Å². The molecule has 0 unspecified atom stereocenters. The summed E-state index contributed by atoms with van der Waals surface area (Å²) in [7, 11) is 0. The zero-order chi connectivity index (χ0) is 4.83. The maximum atomic E-state index is 9.53. The average Bonchev–Trinajstić information content (AvgIpc) is 1.61.